The number of nitrogens with two attached hydrogens (primary N) is 1. The number of anilines is 1. The number of hydrogen-bond acceptors (Lipinski definition) is 4. The first-order chi connectivity index (χ1) is 6.74. The fourth-order valence-corrected chi connectivity index (χ4v) is 1.70. The summed E-state index contributed by atoms with van der Waals surface area (Å²) in [7, 11) is 2.10. The molecule has 78 valence electrons. The van der Waals surface area contributed by atoms with Crippen molar-refractivity contribution in [1.82, 2.24) is 9.88 Å². The average Bonchev–Trinajstić information content (AvgIpc) is 2.18. The van der Waals surface area contributed by atoms with Gasteiger partial charge in [0.1, 0.15) is 5.82 Å². The molecule has 4 heteroatoms. The average molecular weight is 211 g/mol. The predicted octanol–water partition coefficient (Wildman–Crippen LogP) is 1.46. The Morgan fingerprint density at radius 3 is 3.00 bits per heavy atom. The van der Waals surface area contributed by atoms with Gasteiger partial charge in [-0.15, -0.1) is 0 Å². The van der Waals surface area contributed by atoms with Gasteiger partial charge in [0.25, 0.3) is 0 Å². The van der Waals surface area contributed by atoms with Crippen molar-refractivity contribution in [2.45, 2.75) is 6.54 Å². The van der Waals surface area contributed by atoms with E-state index >= 15 is 0 Å². The zero-order chi connectivity index (χ0) is 10.4. The van der Waals surface area contributed by atoms with E-state index in [1.807, 2.05) is 23.9 Å². The molecule has 1 heterocycles. The second kappa shape index (κ2) is 5.88. The molecule has 2 N–H and O–H groups in total. The molecule has 0 amide bonds. The molecule has 0 atom stereocenters. The molecule has 0 saturated heterocycles. The van der Waals surface area contributed by atoms with E-state index in [-0.39, 0.29) is 0 Å². The lowest BCUT2D eigenvalue weighted by molar-refractivity contribution is 0.349. The Kier molecular flexibility index (Phi) is 4.76. The lowest BCUT2D eigenvalue weighted by Crippen LogP contribution is -2.21. The molecule has 0 unspecified atom stereocenters. The Hall–Kier alpha value is -0.740. The highest BCUT2D eigenvalue weighted by Crippen LogP contribution is 2.09. The number of hydrogen-bond donors (Lipinski definition) is 1. The lowest BCUT2D eigenvalue weighted by atomic mass is 10.2. The van der Waals surface area contributed by atoms with Crippen molar-refractivity contribution in [3.8, 4) is 0 Å². The van der Waals surface area contributed by atoms with Gasteiger partial charge in [-0.3, -0.25) is 0 Å². The second-order valence-electron chi connectivity index (χ2n) is 3.28. The molecule has 0 aromatic carbocycles. The third-order valence-electron chi connectivity index (χ3n) is 2.04. The molecule has 0 saturated carbocycles. The summed E-state index contributed by atoms with van der Waals surface area (Å²) in [4.78, 5) is 6.31. The largest absolute Gasteiger partial charge is 0.383 e. The molecular weight excluding hydrogens is 194 g/mol. The van der Waals surface area contributed by atoms with Crippen LogP contribution in [0.4, 0.5) is 5.82 Å². The minimum absolute atomic E-state index is 0.642. The van der Waals surface area contributed by atoms with E-state index in [9.17, 15) is 0 Å². The van der Waals surface area contributed by atoms with E-state index in [2.05, 4.69) is 23.2 Å². The molecule has 1 rings (SSSR count). The van der Waals surface area contributed by atoms with Crippen molar-refractivity contribution in [3.05, 3.63) is 23.9 Å². The molecule has 0 aliphatic rings. The maximum absolute atomic E-state index is 5.75. The number of aromatic nitrogens is 1. The fourth-order valence-electron chi connectivity index (χ4n) is 1.20. The van der Waals surface area contributed by atoms with E-state index in [4.69, 9.17) is 5.73 Å². The van der Waals surface area contributed by atoms with Gasteiger partial charge in [-0.2, -0.15) is 11.8 Å². The lowest BCUT2D eigenvalue weighted by Gasteiger charge is -2.16. The third-order valence-corrected chi connectivity index (χ3v) is 2.63. The first-order valence-electron chi connectivity index (χ1n) is 4.61. The molecule has 1 aromatic rings. The van der Waals surface area contributed by atoms with E-state index in [0.29, 0.717) is 5.82 Å². The summed E-state index contributed by atoms with van der Waals surface area (Å²) in [5.74, 6) is 1.79. The van der Waals surface area contributed by atoms with Crippen LogP contribution in [-0.2, 0) is 6.54 Å². The van der Waals surface area contributed by atoms with Gasteiger partial charge in [0.2, 0.25) is 0 Å². The number of nitrogen functional groups attached to an aromatic ring is 1. The zero-order valence-electron chi connectivity index (χ0n) is 8.73. The van der Waals surface area contributed by atoms with Crippen LogP contribution >= 0.6 is 11.8 Å². The van der Waals surface area contributed by atoms with Crippen LogP contribution in [0.2, 0.25) is 0 Å². The number of pyridine rings is 1. The highest BCUT2D eigenvalue weighted by molar-refractivity contribution is 7.98. The van der Waals surface area contributed by atoms with Crippen LogP contribution in [0, 0.1) is 0 Å². The van der Waals surface area contributed by atoms with Gasteiger partial charge in [0, 0.05) is 30.6 Å². The highest BCUT2D eigenvalue weighted by Gasteiger charge is 2.02. The fraction of sp³-hybridized carbons (Fsp3) is 0.500. The third kappa shape index (κ3) is 3.55. The highest BCUT2D eigenvalue weighted by atomic mass is 32.2. The van der Waals surface area contributed by atoms with Gasteiger partial charge >= 0.3 is 0 Å². The van der Waals surface area contributed by atoms with Crippen LogP contribution in [-0.4, -0.2) is 35.5 Å². The van der Waals surface area contributed by atoms with Gasteiger partial charge in [-0.05, 0) is 19.4 Å². The molecule has 0 radical (unpaired) electrons. The summed E-state index contributed by atoms with van der Waals surface area (Å²) in [6.07, 6.45) is 3.84. The smallest absolute Gasteiger partial charge is 0.127 e. The maximum Gasteiger partial charge on any atom is 0.127 e. The number of nitrogens with zero attached hydrogens (tertiary/aromatic N) is 2. The molecule has 0 aliphatic heterocycles. The minimum Gasteiger partial charge on any atom is -0.383 e. The SMILES string of the molecule is CSCCN(C)Cc1cccnc1N. The van der Waals surface area contributed by atoms with Gasteiger partial charge in [0.05, 0.1) is 0 Å². The van der Waals surface area contributed by atoms with Crippen molar-refractivity contribution in [2.24, 2.45) is 0 Å². The van der Waals surface area contributed by atoms with Gasteiger partial charge in [-0.25, -0.2) is 4.98 Å². The number of rotatable bonds is 5. The first-order valence-corrected chi connectivity index (χ1v) is 6.00. The molecule has 1 aromatic heterocycles. The van der Waals surface area contributed by atoms with E-state index in [1.54, 1.807) is 6.20 Å². The van der Waals surface area contributed by atoms with Crippen molar-refractivity contribution >= 4 is 17.6 Å². The van der Waals surface area contributed by atoms with E-state index in [1.165, 1.54) is 0 Å². The second-order valence-corrected chi connectivity index (χ2v) is 4.26. The molecule has 0 fully saturated rings. The molecule has 0 spiro atoms. The summed E-state index contributed by atoms with van der Waals surface area (Å²) in [6.45, 7) is 1.95. The Labute approximate surface area is 89.7 Å². The van der Waals surface area contributed by atoms with Crippen LogP contribution < -0.4 is 5.73 Å². The van der Waals surface area contributed by atoms with E-state index in [0.717, 1.165) is 24.4 Å². The summed E-state index contributed by atoms with van der Waals surface area (Å²) >= 11 is 1.86. The zero-order valence-corrected chi connectivity index (χ0v) is 9.55. The van der Waals surface area contributed by atoms with Gasteiger partial charge in [0.15, 0.2) is 0 Å². The predicted molar refractivity (Wildman–Crippen MR) is 63.4 cm³/mol. The molecule has 0 bridgehead atoms. The standard InChI is InChI=1S/C10H17N3S/c1-13(6-7-14-2)8-9-4-3-5-12-10(9)11/h3-5H,6-8H2,1-2H3,(H2,11,12). The molecule has 14 heavy (non-hydrogen) atoms. The van der Waals surface area contributed by atoms with Crippen LogP contribution in [0.5, 0.6) is 0 Å². The van der Waals surface area contributed by atoms with Crippen LogP contribution in [0.25, 0.3) is 0 Å². The normalized spacial score (nSPS) is 10.8. The van der Waals surface area contributed by atoms with Crippen LogP contribution in [0.1, 0.15) is 5.56 Å². The van der Waals surface area contributed by atoms with Crippen molar-refractivity contribution < 1.29 is 0 Å². The maximum atomic E-state index is 5.75. The molecule has 0 aliphatic carbocycles. The number of thioether (sulfide) groups is 1. The minimum atomic E-state index is 0.642. The van der Waals surface area contributed by atoms with Crippen molar-refractivity contribution in [3.63, 3.8) is 0 Å². The quantitative estimate of drug-likeness (QED) is 0.800. The topological polar surface area (TPSA) is 42.2 Å². The van der Waals surface area contributed by atoms with Gasteiger partial charge < -0.3 is 10.6 Å². The Balaban J connectivity index is 2.47. The summed E-state index contributed by atoms with van der Waals surface area (Å²) in [6, 6.07) is 3.95. The Morgan fingerprint density at radius 2 is 2.36 bits per heavy atom. The van der Waals surface area contributed by atoms with Crippen molar-refractivity contribution in [1.29, 1.82) is 0 Å². The Morgan fingerprint density at radius 1 is 1.57 bits per heavy atom. The summed E-state index contributed by atoms with van der Waals surface area (Å²) in [5, 5.41) is 0. The summed E-state index contributed by atoms with van der Waals surface area (Å²) in [5.41, 5.74) is 6.86. The van der Waals surface area contributed by atoms with Crippen molar-refractivity contribution in [2.75, 3.05) is 31.3 Å². The van der Waals surface area contributed by atoms with Gasteiger partial charge in [-0.1, -0.05) is 6.07 Å². The van der Waals surface area contributed by atoms with Crippen LogP contribution in [0.3, 0.4) is 0 Å². The van der Waals surface area contributed by atoms with E-state index < -0.39 is 0 Å². The summed E-state index contributed by atoms with van der Waals surface area (Å²) < 4.78 is 0. The van der Waals surface area contributed by atoms with Crippen LogP contribution in [0.15, 0.2) is 18.3 Å². The first kappa shape index (κ1) is 11.3. The molecule has 3 nitrogen and oxygen atoms in total. The molecular formula is C10H17N3S. The Bertz CT molecular complexity index is 278. The monoisotopic (exact) mass is 211 g/mol.